The first kappa shape index (κ1) is 19.3. The van der Waals surface area contributed by atoms with E-state index < -0.39 is 0 Å². The summed E-state index contributed by atoms with van der Waals surface area (Å²) in [5.74, 6) is 1.48. The number of benzene rings is 2. The van der Waals surface area contributed by atoms with E-state index in [9.17, 15) is 4.79 Å². The van der Waals surface area contributed by atoms with Crippen molar-refractivity contribution in [2.24, 2.45) is 0 Å². The van der Waals surface area contributed by atoms with Gasteiger partial charge in [0.2, 0.25) is 0 Å². The predicted molar refractivity (Wildman–Crippen MR) is 107 cm³/mol. The molecule has 0 unspecified atom stereocenters. The van der Waals surface area contributed by atoms with Crippen molar-refractivity contribution >= 4 is 5.91 Å². The summed E-state index contributed by atoms with van der Waals surface area (Å²) in [7, 11) is 0. The molecule has 144 valence electrons. The topological polar surface area (TPSA) is 47.6 Å². The largest absolute Gasteiger partial charge is 0.487 e. The number of carbonyl (C=O) groups excluding carboxylic acids is 1. The predicted octanol–water partition coefficient (Wildman–Crippen LogP) is 4.88. The van der Waals surface area contributed by atoms with Crippen LogP contribution in [-0.4, -0.2) is 18.1 Å². The van der Waals surface area contributed by atoms with E-state index in [-0.39, 0.29) is 24.2 Å². The van der Waals surface area contributed by atoms with Gasteiger partial charge in [-0.25, -0.2) is 0 Å². The van der Waals surface area contributed by atoms with Gasteiger partial charge in [-0.15, -0.1) is 0 Å². The van der Waals surface area contributed by atoms with Crippen molar-refractivity contribution in [3.05, 3.63) is 59.2 Å². The van der Waals surface area contributed by atoms with Crippen LogP contribution in [0.1, 0.15) is 55.8 Å². The van der Waals surface area contributed by atoms with Gasteiger partial charge in [-0.1, -0.05) is 38.1 Å². The number of rotatable bonds is 6. The maximum Gasteiger partial charge on any atom is 0.258 e. The summed E-state index contributed by atoms with van der Waals surface area (Å²) in [6, 6.07) is 13.9. The molecule has 4 nitrogen and oxygen atoms in total. The maximum absolute atomic E-state index is 12.6. The molecule has 0 radical (unpaired) electrons. The lowest BCUT2D eigenvalue weighted by Gasteiger charge is -2.41. The molecule has 0 bridgehead atoms. The normalized spacial score (nSPS) is 17.6. The Hall–Kier alpha value is -2.49. The molecule has 3 rings (SSSR count). The SMILES string of the molecule is CCC1(CC)C[C@H](NC(=O)COc2cc(C)cc(C)c2)c2ccccc2O1. The van der Waals surface area contributed by atoms with Crippen molar-refractivity contribution in [1.82, 2.24) is 5.32 Å². The van der Waals surface area contributed by atoms with Gasteiger partial charge in [-0.3, -0.25) is 4.79 Å². The van der Waals surface area contributed by atoms with Gasteiger partial charge in [0.15, 0.2) is 6.61 Å². The highest BCUT2D eigenvalue weighted by molar-refractivity contribution is 5.78. The Labute approximate surface area is 161 Å². The van der Waals surface area contributed by atoms with Crippen LogP contribution >= 0.6 is 0 Å². The van der Waals surface area contributed by atoms with E-state index in [1.165, 1.54) is 0 Å². The number of amides is 1. The average molecular weight is 367 g/mol. The Morgan fingerprint density at radius 2 is 1.81 bits per heavy atom. The van der Waals surface area contributed by atoms with Crippen molar-refractivity contribution in [2.45, 2.75) is 58.6 Å². The number of hydrogen-bond acceptors (Lipinski definition) is 3. The van der Waals surface area contributed by atoms with E-state index in [4.69, 9.17) is 9.47 Å². The van der Waals surface area contributed by atoms with Gasteiger partial charge in [0.25, 0.3) is 5.91 Å². The molecule has 2 aromatic carbocycles. The quantitative estimate of drug-likeness (QED) is 0.791. The van der Waals surface area contributed by atoms with Crippen molar-refractivity contribution in [3.8, 4) is 11.5 Å². The molecule has 4 heteroatoms. The Morgan fingerprint density at radius 3 is 2.48 bits per heavy atom. The van der Waals surface area contributed by atoms with E-state index in [1.807, 2.05) is 50.2 Å². The molecule has 0 spiro atoms. The minimum Gasteiger partial charge on any atom is -0.487 e. The summed E-state index contributed by atoms with van der Waals surface area (Å²) < 4.78 is 12.0. The highest BCUT2D eigenvalue weighted by Crippen LogP contribution is 2.42. The molecular formula is C23H29NO3. The molecule has 1 heterocycles. The molecule has 1 amide bonds. The van der Waals surface area contributed by atoms with E-state index in [0.29, 0.717) is 0 Å². The van der Waals surface area contributed by atoms with Crippen molar-refractivity contribution in [2.75, 3.05) is 6.61 Å². The van der Waals surface area contributed by atoms with Crippen LogP contribution < -0.4 is 14.8 Å². The number of nitrogens with one attached hydrogen (secondary N) is 1. The fourth-order valence-electron chi connectivity index (χ4n) is 3.83. The minimum atomic E-state index is -0.235. The Balaban J connectivity index is 1.70. The zero-order chi connectivity index (χ0) is 19.4. The van der Waals surface area contributed by atoms with Gasteiger partial charge in [-0.2, -0.15) is 0 Å². The first-order valence-electron chi connectivity index (χ1n) is 9.73. The zero-order valence-corrected chi connectivity index (χ0v) is 16.7. The second kappa shape index (κ2) is 8.03. The first-order chi connectivity index (χ1) is 12.9. The molecule has 0 aliphatic carbocycles. The van der Waals surface area contributed by atoms with Crippen LogP contribution in [0.5, 0.6) is 11.5 Å². The third kappa shape index (κ3) is 4.44. The van der Waals surface area contributed by atoms with Gasteiger partial charge in [0.1, 0.15) is 17.1 Å². The lowest BCUT2D eigenvalue weighted by Crippen LogP contribution is -2.45. The number of aryl methyl sites for hydroxylation is 2. The summed E-state index contributed by atoms with van der Waals surface area (Å²) in [6.07, 6.45) is 2.58. The van der Waals surface area contributed by atoms with E-state index in [0.717, 1.165) is 47.5 Å². The van der Waals surface area contributed by atoms with Crippen molar-refractivity contribution in [1.29, 1.82) is 0 Å². The smallest absolute Gasteiger partial charge is 0.258 e. The van der Waals surface area contributed by atoms with Crippen LogP contribution in [0.4, 0.5) is 0 Å². The molecule has 1 atom stereocenters. The number of para-hydroxylation sites is 1. The summed E-state index contributed by atoms with van der Waals surface area (Å²) in [5, 5.41) is 3.15. The molecule has 27 heavy (non-hydrogen) atoms. The van der Waals surface area contributed by atoms with Gasteiger partial charge in [-0.05, 0) is 56.0 Å². The number of carbonyl (C=O) groups is 1. The van der Waals surface area contributed by atoms with Crippen LogP contribution in [0.2, 0.25) is 0 Å². The highest BCUT2D eigenvalue weighted by atomic mass is 16.5. The number of ether oxygens (including phenoxy) is 2. The van der Waals surface area contributed by atoms with Crippen molar-refractivity contribution in [3.63, 3.8) is 0 Å². The van der Waals surface area contributed by atoms with Gasteiger partial charge in [0.05, 0.1) is 6.04 Å². The Bertz CT molecular complexity index is 791. The zero-order valence-electron chi connectivity index (χ0n) is 16.7. The lowest BCUT2D eigenvalue weighted by atomic mass is 9.83. The molecule has 0 aromatic heterocycles. The van der Waals surface area contributed by atoms with Gasteiger partial charge < -0.3 is 14.8 Å². The standard InChI is InChI=1S/C23H29NO3/c1-5-23(6-2)14-20(19-9-7-8-10-21(19)27-23)24-22(25)15-26-18-12-16(3)11-17(4)13-18/h7-13,20H,5-6,14-15H2,1-4H3,(H,24,25)/t20-/m0/s1. The Kier molecular flexibility index (Phi) is 5.73. The van der Waals surface area contributed by atoms with E-state index >= 15 is 0 Å². The van der Waals surface area contributed by atoms with E-state index in [1.54, 1.807) is 0 Å². The van der Waals surface area contributed by atoms with E-state index in [2.05, 4.69) is 25.2 Å². The first-order valence-corrected chi connectivity index (χ1v) is 9.73. The summed E-state index contributed by atoms with van der Waals surface area (Å²) in [6.45, 7) is 8.33. The molecular weight excluding hydrogens is 338 g/mol. The van der Waals surface area contributed by atoms with Gasteiger partial charge in [0, 0.05) is 12.0 Å². The van der Waals surface area contributed by atoms with Crippen LogP contribution in [0, 0.1) is 13.8 Å². The van der Waals surface area contributed by atoms with Crippen LogP contribution in [0.15, 0.2) is 42.5 Å². The third-order valence-corrected chi connectivity index (χ3v) is 5.39. The molecule has 1 aliphatic rings. The average Bonchev–Trinajstić information content (AvgIpc) is 2.65. The van der Waals surface area contributed by atoms with Crippen LogP contribution in [0.3, 0.4) is 0 Å². The second-order valence-corrected chi connectivity index (χ2v) is 7.47. The van der Waals surface area contributed by atoms with Gasteiger partial charge >= 0.3 is 0 Å². The van der Waals surface area contributed by atoms with Crippen LogP contribution in [0.25, 0.3) is 0 Å². The molecule has 1 aliphatic heterocycles. The molecule has 0 saturated carbocycles. The maximum atomic E-state index is 12.6. The summed E-state index contributed by atoms with van der Waals surface area (Å²) in [4.78, 5) is 12.6. The monoisotopic (exact) mass is 367 g/mol. The number of fused-ring (bicyclic) bond motifs is 1. The fourth-order valence-corrected chi connectivity index (χ4v) is 3.83. The molecule has 2 aromatic rings. The minimum absolute atomic E-state index is 0.00761. The third-order valence-electron chi connectivity index (χ3n) is 5.39. The molecule has 1 N–H and O–H groups in total. The number of hydrogen-bond donors (Lipinski definition) is 1. The molecule has 0 saturated heterocycles. The fraction of sp³-hybridized carbons (Fsp3) is 0.435. The van der Waals surface area contributed by atoms with Crippen LogP contribution in [-0.2, 0) is 4.79 Å². The summed E-state index contributed by atoms with van der Waals surface area (Å²) >= 11 is 0. The highest BCUT2D eigenvalue weighted by Gasteiger charge is 2.38. The lowest BCUT2D eigenvalue weighted by molar-refractivity contribution is -0.124. The Morgan fingerprint density at radius 1 is 1.15 bits per heavy atom. The summed E-state index contributed by atoms with van der Waals surface area (Å²) in [5.41, 5.74) is 3.05. The molecule has 0 fully saturated rings. The second-order valence-electron chi connectivity index (χ2n) is 7.47. The van der Waals surface area contributed by atoms with Crippen molar-refractivity contribution < 1.29 is 14.3 Å².